The number of esters is 1. The number of anilines is 1. The van der Waals surface area contributed by atoms with Gasteiger partial charge < -0.3 is 24.1 Å². The molecule has 0 radical (unpaired) electrons. The second kappa shape index (κ2) is 9.75. The molecule has 1 aliphatic rings. The van der Waals surface area contributed by atoms with Gasteiger partial charge in [-0.2, -0.15) is 0 Å². The Morgan fingerprint density at radius 2 is 2.19 bits per heavy atom. The van der Waals surface area contributed by atoms with Gasteiger partial charge in [0, 0.05) is 17.7 Å². The lowest BCUT2D eigenvalue weighted by Gasteiger charge is -2.24. The first-order chi connectivity index (χ1) is 15.5. The largest absolute Gasteiger partial charge is 0.495 e. The number of nitrogens with zero attached hydrogens (tertiary/aromatic N) is 2. The number of rotatable bonds is 7. The van der Waals surface area contributed by atoms with Gasteiger partial charge in [0.25, 0.3) is 0 Å². The Morgan fingerprint density at radius 1 is 1.34 bits per heavy atom. The Kier molecular flexibility index (Phi) is 6.81. The van der Waals surface area contributed by atoms with Crippen molar-refractivity contribution in [1.29, 1.82) is 0 Å². The first-order valence-corrected chi connectivity index (χ1v) is 11.7. The zero-order chi connectivity index (χ0) is 22.7. The van der Waals surface area contributed by atoms with Crippen LogP contribution < -0.4 is 10.1 Å². The Hall–Kier alpha value is -2.84. The van der Waals surface area contributed by atoms with E-state index in [1.807, 2.05) is 49.7 Å². The number of thiophene rings is 1. The van der Waals surface area contributed by atoms with Gasteiger partial charge in [-0.3, -0.25) is 0 Å². The number of aromatic nitrogens is 2. The van der Waals surface area contributed by atoms with Gasteiger partial charge in [-0.05, 0) is 63.3 Å². The van der Waals surface area contributed by atoms with E-state index in [-0.39, 0.29) is 12.2 Å². The maximum absolute atomic E-state index is 12.8. The van der Waals surface area contributed by atoms with Crippen LogP contribution in [-0.2, 0) is 9.47 Å². The quantitative estimate of drug-likeness (QED) is 0.485. The molecule has 7 nitrogen and oxygen atoms in total. The minimum atomic E-state index is -0.316. The second-order valence-electron chi connectivity index (χ2n) is 7.79. The van der Waals surface area contributed by atoms with E-state index >= 15 is 0 Å². The first-order valence-electron chi connectivity index (χ1n) is 10.9. The number of hydrogen-bond donors (Lipinski definition) is 1. The zero-order valence-corrected chi connectivity index (χ0v) is 19.8. The average molecular weight is 456 g/mol. The molecule has 4 rings (SSSR count). The van der Waals surface area contributed by atoms with Gasteiger partial charge in [0.15, 0.2) is 0 Å². The van der Waals surface area contributed by atoms with E-state index in [1.165, 1.54) is 0 Å². The molecule has 1 fully saturated rings. The summed E-state index contributed by atoms with van der Waals surface area (Å²) in [4.78, 5) is 18.1. The summed E-state index contributed by atoms with van der Waals surface area (Å²) in [6.07, 6.45) is 6.73. The molecule has 0 aliphatic carbocycles. The zero-order valence-electron chi connectivity index (χ0n) is 18.9. The number of carbonyl (C=O) groups is 1. The van der Waals surface area contributed by atoms with Crippen LogP contribution in [0.4, 0.5) is 5.00 Å². The third kappa shape index (κ3) is 4.52. The molecular weight excluding hydrogens is 426 g/mol. The molecule has 1 atom stereocenters. The average Bonchev–Trinajstić information content (AvgIpc) is 3.37. The molecular formula is C24H29N3O4S. The fourth-order valence-electron chi connectivity index (χ4n) is 3.93. The van der Waals surface area contributed by atoms with Crippen LogP contribution in [0.25, 0.3) is 16.1 Å². The van der Waals surface area contributed by atoms with Gasteiger partial charge in [0.2, 0.25) is 0 Å². The summed E-state index contributed by atoms with van der Waals surface area (Å²) in [5, 5.41) is 4.23. The highest BCUT2D eigenvalue weighted by Crippen LogP contribution is 2.42. The minimum absolute atomic E-state index is 0.0933. The van der Waals surface area contributed by atoms with Gasteiger partial charge in [-0.25, -0.2) is 9.78 Å². The number of carbonyl (C=O) groups excluding carboxylic acids is 1. The van der Waals surface area contributed by atoms with E-state index in [4.69, 9.17) is 14.2 Å². The fourth-order valence-corrected chi connectivity index (χ4v) is 5.16. The summed E-state index contributed by atoms with van der Waals surface area (Å²) in [6.45, 7) is 6.80. The molecule has 32 heavy (non-hydrogen) atoms. The molecule has 170 valence electrons. The van der Waals surface area contributed by atoms with Crippen molar-refractivity contribution in [2.75, 3.05) is 25.6 Å². The molecule has 1 aliphatic heterocycles. The van der Waals surface area contributed by atoms with Crippen molar-refractivity contribution >= 4 is 22.3 Å². The molecule has 1 unspecified atom stereocenters. The van der Waals surface area contributed by atoms with Crippen molar-refractivity contribution in [2.45, 2.75) is 46.3 Å². The van der Waals surface area contributed by atoms with Crippen LogP contribution in [0, 0.1) is 13.8 Å². The second-order valence-corrected chi connectivity index (χ2v) is 8.81. The van der Waals surface area contributed by atoms with Crippen LogP contribution in [0.15, 0.2) is 30.7 Å². The first kappa shape index (κ1) is 22.4. The van der Waals surface area contributed by atoms with Crippen molar-refractivity contribution in [2.24, 2.45) is 0 Å². The standard InChI is InChI=1S/C24H29N3O4S/c1-5-30-24(28)21-16(3)22(32-23(21)26-20-8-6-7-11-31-20)17-9-10-18(19(12-17)29-4)27-13-15(2)25-14-27/h9-10,12-14,20,26H,5-8,11H2,1-4H3. The molecule has 2 aromatic heterocycles. The summed E-state index contributed by atoms with van der Waals surface area (Å²) in [7, 11) is 1.66. The molecule has 1 saturated heterocycles. The van der Waals surface area contributed by atoms with Crippen LogP contribution in [0.5, 0.6) is 5.75 Å². The topological polar surface area (TPSA) is 74.6 Å². The van der Waals surface area contributed by atoms with Crippen LogP contribution in [0.2, 0.25) is 0 Å². The van der Waals surface area contributed by atoms with E-state index < -0.39 is 0 Å². The molecule has 0 amide bonds. The Morgan fingerprint density at radius 3 is 2.84 bits per heavy atom. The number of methoxy groups -OCH3 is 1. The molecule has 0 bridgehead atoms. The van der Waals surface area contributed by atoms with Crippen molar-refractivity contribution in [1.82, 2.24) is 9.55 Å². The van der Waals surface area contributed by atoms with Crippen molar-refractivity contribution in [3.8, 4) is 21.9 Å². The summed E-state index contributed by atoms with van der Waals surface area (Å²) < 4.78 is 18.8. The normalized spacial score (nSPS) is 16.1. The Bertz CT molecular complexity index is 1100. The highest BCUT2D eigenvalue weighted by molar-refractivity contribution is 7.20. The molecule has 3 heterocycles. The van der Waals surface area contributed by atoms with Crippen molar-refractivity contribution in [3.63, 3.8) is 0 Å². The minimum Gasteiger partial charge on any atom is -0.495 e. The van der Waals surface area contributed by atoms with Crippen molar-refractivity contribution < 1.29 is 19.0 Å². The molecule has 0 saturated carbocycles. The van der Waals surface area contributed by atoms with Gasteiger partial charge in [0.05, 0.1) is 37.0 Å². The van der Waals surface area contributed by atoms with Crippen LogP contribution in [0.1, 0.15) is 47.8 Å². The van der Waals surface area contributed by atoms with Crippen molar-refractivity contribution in [3.05, 3.63) is 47.5 Å². The lowest BCUT2D eigenvalue weighted by molar-refractivity contribution is 0.0343. The van der Waals surface area contributed by atoms with Crippen LogP contribution in [0.3, 0.4) is 0 Å². The third-order valence-corrected chi connectivity index (χ3v) is 6.80. The van der Waals surface area contributed by atoms with E-state index in [0.717, 1.165) is 64.0 Å². The lowest BCUT2D eigenvalue weighted by Crippen LogP contribution is -2.27. The van der Waals surface area contributed by atoms with Gasteiger partial charge in [-0.1, -0.05) is 6.07 Å². The number of ether oxygens (including phenoxy) is 3. The number of hydrogen-bond acceptors (Lipinski definition) is 7. The Balaban J connectivity index is 1.73. The summed E-state index contributed by atoms with van der Waals surface area (Å²) >= 11 is 1.55. The van der Waals surface area contributed by atoms with Gasteiger partial charge >= 0.3 is 5.97 Å². The highest BCUT2D eigenvalue weighted by Gasteiger charge is 2.26. The van der Waals surface area contributed by atoms with Gasteiger partial charge in [0.1, 0.15) is 17.0 Å². The maximum Gasteiger partial charge on any atom is 0.341 e. The molecule has 1 N–H and O–H groups in total. The summed E-state index contributed by atoms with van der Waals surface area (Å²) in [5.41, 5.74) is 4.29. The predicted octanol–water partition coefficient (Wildman–Crippen LogP) is 5.34. The highest BCUT2D eigenvalue weighted by atomic mass is 32.1. The maximum atomic E-state index is 12.8. The number of imidazole rings is 1. The number of aryl methyl sites for hydroxylation is 1. The fraction of sp³-hybridized carbons (Fsp3) is 0.417. The smallest absolute Gasteiger partial charge is 0.341 e. The lowest BCUT2D eigenvalue weighted by atomic mass is 10.1. The van der Waals surface area contributed by atoms with E-state index in [9.17, 15) is 4.79 Å². The van der Waals surface area contributed by atoms with Gasteiger partial charge in [-0.15, -0.1) is 11.3 Å². The monoisotopic (exact) mass is 455 g/mol. The number of benzene rings is 1. The van der Waals surface area contributed by atoms with E-state index in [1.54, 1.807) is 24.8 Å². The third-order valence-electron chi connectivity index (χ3n) is 5.53. The van der Waals surface area contributed by atoms with Crippen LogP contribution in [-0.4, -0.2) is 42.1 Å². The molecule has 8 heteroatoms. The SMILES string of the molecule is CCOC(=O)c1c(NC2CCCCO2)sc(-c2ccc(-n3cnc(C)c3)c(OC)c2)c1C. The number of nitrogens with one attached hydrogen (secondary N) is 1. The molecule has 3 aromatic rings. The summed E-state index contributed by atoms with van der Waals surface area (Å²) in [5.74, 6) is 0.416. The van der Waals surface area contributed by atoms with Crippen LogP contribution >= 0.6 is 11.3 Å². The Labute approximate surface area is 192 Å². The van der Waals surface area contributed by atoms with E-state index in [2.05, 4.69) is 10.3 Å². The summed E-state index contributed by atoms with van der Waals surface area (Å²) in [6, 6.07) is 6.05. The van der Waals surface area contributed by atoms with E-state index in [0.29, 0.717) is 12.2 Å². The molecule has 1 aromatic carbocycles. The molecule has 0 spiro atoms. The predicted molar refractivity (Wildman–Crippen MR) is 126 cm³/mol.